The van der Waals surface area contributed by atoms with Crippen LogP contribution in [0.15, 0.2) is 22.7 Å². The molecule has 3 nitrogen and oxygen atoms in total. The van der Waals surface area contributed by atoms with Crippen LogP contribution in [0.1, 0.15) is 12.5 Å². The summed E-state index contributed by atoms with van der Waals surface area (Å²) in [5.74, 6) is 1.01. The number of aliphatic hydroxyl groups is 1. The van der Waals surface area contributed by atoms with Crippen molar-refractivity contribution >= 4 is 15.9 Å². The molecule has 4 heteroatoms. The molecule has 90 valence electrons. The highest BCUT2D eigenvalue weighted by Gasteiger charge is 2.09. The summed E-state index contributed by atoms with van der Waals surface area (Å²) >= 11 is 3.47. The average Bonchev–Trinajstić information content (AvgIpc) is 2.28. The second kappa shape index (κ2) is 6.89. The highest BCUT2D eigenvalue weighted by Crippen LogP contribution is 2.29. The van der Waals surface area contributed by atoms with E-state index < -0.39 is 0 Å². The number of para-hydroxylation sites is 1. The quantitative estimate of drug-likeness (QED) is 0.843. The van der Waals surface area contributed by atoms with Gasteiger partial charge in [-0.2, -0.15) is 0 Å². The fraction of sp³-hybridized carbons (Fsp3) is 0.500. The summed E-state index contributed by atoms with van der Waals surface area (Å²) in [7, 11) is 1.90. The summed E-state index contributed by atoms with van der Waals surface area (Å²) in [5, 5.41) is 12.1. The molecule has 1 atom stereocenters. The standard InChI is InChI=1S/C12H18BrNO2/c1-9(7-15)8-16-12-10(6-14-2)4-3-5-11(12)13/h3-5,9,14-15H,6-8H2,1-2H3. The first kappa shape index (κ1) is 13.5. The predicted octanol–water partition coefficient (Wildman–Crippen LogP) is 2.18. The Morgan fingerprint density at radius 2 is 2.25 bits per heavy atom. The highest BCUT2D eigenvalue weighted by molar-refractivity contribution is 9.10. The van der Waals surface area contributed by atoms with Gasteiger partial charge >= 0.3 is 0 Å². The van der Waals surface area contributed by atoms with E-state index in [0.29, 0.717) is 6.61 Å². The maximum absolute atomic E-state index is 8.95. The first-order valence-electron chi connectivity index (χ1n) is 5.34. The van der Waals surface area contributed by atoms with E-state index in [2.05, 4.69) is 21.2 Å². The first-order chi connectivity index (χ1) is 7.69. The Bertz CT molecular complexity index is 331. The van der Waals surface area contributed by atoms with Gasteiger partial charge in [0.1, 0.15) is 5.75 Å². The van der Waals surface area contributed by atoms with Gasteiger partial charge in [0.25, 0.3) is 0 Å². The van der Waals surface area contributed by atoms with Crippen molar-refractivity contribution < 1.29 is 9.84 Å². The van der Waals surface area contributed by atoms with E-state index in [1.807, 2.05) is 32.2 Å². The fourth-order valence-electron chi connectivity index (χ4n) is 1.32. The van der Waals surface area contributed by atoms with Gasteiger partial charge in [-0.05, 0) is 29.0 Å². The van der Waals surface area contributed by atoms with Crippen LogP contribution in [0.3, 0.4) is 0 Å². The third-order valence-electron chi connectivity index (χ3n) is 2.24. The number of nitrogens with one attached hydrogen (secondary N) is 1. The molecule has 0 aliphatic rings. The van der Waals surface area contributed by atoms with Crippen LogP contribution < -0.4 is 10.1 Å². The van der Waals surface area contributed by atoms with Crippen LogP contribution in [0.2, 0.25) is 0 Å². The molecule has 0 saturated heterocycles. The number of ether oxygens (including phenoxy) is 1. The molecule has 0 fully saturated rings. The van der Waals surface area contributed by atoms with Crippen LogP contribution in [0.5, 0.6) is 5.75 Å². The lowest BCUT2D eigenvalue weighted by Gasteiger charge is -2.15. The zero-order valence-electron chi connectivity index (χ0n) is 9.66. The summed E-state index contributed by atoms with van der Waals surface area (Å²) in [6.45, 7) is 3.39. The summed E-state index contributed by atoms with van der Waals surface area (Å²) in [4.78, 5) is 0. The molecule has 1 unspecified atom stereocenters. The number of benzene rings is 1. The molecule has 0 aliphatic carbocycles. The summed E-state index contributed by atoms with van der Waals surface area (Å²) in [6.07, 6.45) is 0. The van der Waals surface area contributed by atoms with Gasteiger partial charge < -0.3 is 15.2 Å². The van der Waals surface area contributed by atoms with Gasteiger partial charge in [-0.3, -0.25) is 0 Å². The van der Waals surface area contributed by atoms with Crippen LogP contribution in [-0.2, 0) is 6.54 Å². The van der Waals surface area contributed by atoms with Gasteiger partial charge in [0, 0.05) is 24.6 Å². The molecule has 0 aliphatic heterocycles. The third-order valence-corrected chi connectivity index (χ3v) is 2.86. The van der Waals surface area contributed by atoms with Gasteiger partial charge in [-0.25, -0.2) is 0 Å². The largest absolute Gasteiger partial charge is 0.492 e. The maximum atomic E-state index is 8.95. The van der Waals surface area contributed by atoms with Gasteiger partial charge in [0.15, 0.2) is 0 Å². The van der Waals surface area contributed by atoms with E-state index in [1.165, 1.54) is 0 Å². The molecule has 1 aromatic carbocycles. The van der Waals surface area contributed by atoms with Crippen molar-refractivity contribution in [2.45, 2.75) is 13.5 Å². The van der Waals surface area contributed by atoms with Gasteiger partial charge in [0.05, 0.1) is 11.1 Å². The lowest BCUT2D eigenvalue weighted by atomic mass is 10.2. The topological polar surface area (TPSA) is 41.5 Å². The minimum atomic E-state index is 0.145. The molecule has 0 radical (unpaired) electrons. The summed E-state index contributed by atoms with van der Waals surface area (Å²) in [5.41, 5.74) is 1.11. The Labute approximate surface area is 105 Å². The van der Waals surface area contributed by atoms with Crippen molar-refractivity contribution in [3.05, 3.63) is 28.2 Å². The predicted molar refractivity (Wildman–Crippen MR) is 68.7 cm³/mol. The Balaban J connectivity index is 2.75. The average molecular weight is 288 g/mol. The zero-order valence-corrected chi connectivity index (χ0v) is 11.3. The Morgan fingerprint density at radius 1 is 1.50 bits per heavy atom. The van der Waals surface area contributed by atoms with Gasteiger partial charge in [0.2, 0.25) is 0 Å². The molecule has 0 saturated carbocycles. The van der Waals surface area contributed by atoms with Crippen molar-refractivity contribution in [3.8, 4) is 5.75 Å². The molecule has 1 aromatic rings. The molecule has 0 bridgehead atoms. The SMILES string of the molecule is CNCc1cccc(Br)c1OCC(C)CO. The van der Waals surface area contributed by atoms with Crippen molar-refractivity contribution in [2.75, 3.05) is 20.3 Å². The molecule has 0 heterocycles. The lowest BCUT2D eigenvalue weighted by Crippen LogP contribution is -2.14. The zero-order chi connectivity index (χ0) is 12.0. The van der Waals surface area contributed by atoms with Crippen molar-refractivity contribution in [3.63, 3.8) is 0 Å². The maximum Gasteiger partial charge on any atom is 0.137 e. The Hall–Kier alpha value is -0.580. The van der Waals surface area contributed by atoms with Gasteiger partial charge in [-0.15, -0.1) is 0 Å². The molecule has 0 spiro atoms. The Kier molecular flexibility index (Phi) is 5.80. The lowest BCUT2D eigenvalue weighted by molar-refractivity contribution is 0.173. The van der Waals surface area contributed by atoms with Crippen LogP contribution in [0.25, 0.3) is 0 Å². The number of rotatable bonds is 6. The van der Waals surface area contributed by atoms with Crippen molar-refractivity contribution in [2.24, 2.45) is 5.92 Å². The molecular formula is C12H18BrNO2. The summed E-state index contributed by atoms with van der Waals surface area (Å²) < 4.78 is 6.68. The first-order valence-corrected chi connectivity index (χ1v) is 6.14. The van der Waals surface area contributed by atoms with E-state index >= 15 is 0 Å². The van der Waals surface area contributed by atoms with Crippen LogP contribution in [0.4, 0.5) is 0 Å². The minimum absolute atomic E-state index is 0.145. The smallest absolute Gasteiger partial charge is 0.137 e. The second-order valence-corrected chi connectivity index (χ2v) is 4.71. The number of hydrogen-bond donors (Lipinski definition) is 2. The monoisotopic (exact) mass is 287 g/mol. The summed E-state index contributed by atoms with van der Waals surface area (Å²) in [6, 6.07) is 5.97. The van der Waals surface area contributed by atoms with Crippen LogP contribution in [0, 0.1) is 5.92 Å². The molecule has 2 N–H and O–H groups in total. The second-order valence-electron chi connectivity index (χ2n) is 3.86. The van der Waals surface area contributed by atoms with Crippen LogP contribution in [-0.4, -0.2) is 25.4 Å². The van der Waals surface area contributed by atoms with Crippen molar-refractivity contribution in [1.82, 2.24) is 5.32 Å². The Morgan fingerprint density at radius 3 is 2.88 bits per heavy atom. The van der Waals surface area contributed by atoms with Gasteiger partial charge in [-0.1, -0.05) is 19.1 Å². The number of hydrogen-bond acceptors (Lipinski definition) is 3. The van der Waals surface area contributed by atoms with Crippen LogP contribution >= 0.6 is 15.9 Å². The third kappa shape index (κ3) is 3.77. The highest BCUT2D eigenvalue weighted by atomic mass is 79.9. The van der Waals surface area contributed by atoms with Crippen molar-refractivity contribution in [1.29, 1.82) is 0 Å². The molecular weight excluding hydrogens is 270 g/mol. The van der Waals surface area contributed by atoms with E-state index in [1.54, 1.807) is 0 Å². The number of aliphatic hydroxyl groups excluding tert-OH is 1. The fourth-order valence-corrected chi connectivity index (χ4v) is 1.84. The molecule has 0 amide bonds. The number of halogens is 1. The van der Waals surface area contributed by atoms with E-state index in [-0.39, 0.29) is 12.5 Å². The molecule has 16 heavy (non-hydrogen) atoms. The normalized spacial score (nSPS) is 12.5. The minimum Gasteiger partial charge on any atom is -0.492 e. The molecule has 1 rings (SSSR count). The van der Waals surface area contributed by atoms with E-state index in [0.717, 1.165) is 22.3 Å². The molecule has 0 aromatic heterocycles. The van der Waals surface area contributed by atoms with E-state index in [4.69, 9.17) is 9.84 Å². The van der Waals surface area contributed by atoms with E-state index in [9.17, 15) is 0 Å².